The number of aromatic nitrogens is 4. The summed E-state index contributed by atoms with van der Waals surface area (Å²) in [5, 5.41) is 27.9. The number of aliphatic hydroxyl groups is 1. The number of hydrogen-bond donors (Lipinski definition) is 2. The van der Waals surface area contributed by atoms with E-state index >= 15 is 0 Å². The van der Waals surface area contributed by atoms with E-state index in [9.17, 15) is 15.2 Å². The van der Waals surface area contributed by atoms with Crippen molar-refractivity contribution in [1.29, 1.82) is 5.26 Å². The first-order valence-corrected chi connectivity index (χ1v) is 17.2. The minimum atomic E-state index is -0.732. The van der Waals surface area contributed by atoms with Crippen molar-refractivity contribution in [3.05, 3.63) is 100 Å². The van der Waals surface area contributed by atoms with E-state index in [0.29, 0.717) is 47.0 Å². The average molecular weight is 694 g/mol. The zero-order valence-electron chi connectivity index (χ0n) is 28.0. The van der Waals surface area contributed by atoms with Crippen molar-refractivity contribution in [2.75, 3.05) is 32.8 Å². The van der Waals surface area contributed by atoms with Crippen molar-refractivity contribution in [2.24, 2.45) is 0 Å². The lowest BCUT2D eigenvalue weighted by Crippen LogP contribution is -2.33. The third kappa shape index (κ3) is 8.29. The lowest BCUT2D eigenvalue weighted by atomic mass is 9.98. The van der Waals surface area contributed by atoms with Crippen LogP contribution in [0.1, 0.15) is 47.1 Å². The fourth-order valence-corrected chi connectivity index (χ4v) is 6.49. The van der Waals surface area contributed by atoms with Crippen molar-refractivity contribution >= 4 is 28.9 Å². The number of likely N-dealkylation sites (tertiary alicyclic amines) is 1. The normalized spacial score (nSPS) is 13.7. The molecule has 2 N–H and O–H groups in total. The molecule has 0 radical (unpaired) electrons. The smallest absolute Gasteiger partial charge is 0.158 e. The van der Waals surface area contributed by atoms with Crippen molar-refractivity contribution in [2.45, 2.75) is 51.9 Å². The molecule has 1 saturated heterocycles. The maximum atomic E-state index is 11.3. The summed E-state index contributed by atoms with van der Waals surface area (Å²) in [5.41, 5.74) is 6.45. The van der Waals surface area contributed by atoms with Crippen LogP contribution in [0.15, 0.2) is 67.3 Å². The van der Waals surface area contributed by atoms with E-state index in [1.54, 1.807) is 24.5 Å². The number of halogens is 1. The summed E-state index contributed by atoms with van der Waals surface area (Å²) in [6.45, 7) is 6.58. The molecule has 6 rings (SSSR count). The molecule has 4 heterocycles. The summed E-state index contributed by atoms with van der Waals surface area (Å²) >= 11 is 6.84. The number of fused-ring (bicyclic) bond motifs is 1. The predicted octanol–water partition coefficient (Wildman–Crippen LogP) is 5.47. The van der Waals surface area contributed by atoms with Gasteiger partial charge in [0.1, 0.15) is 30.5 Å². The Balaban J connectivity index is 1.24. The van der Waals surface area contributed by atoms with Gasteiger partial charge in [-0.3, -0.25) is 4.98 Å². The molecule has 0 spiro atoms. The number of benzene rings is 2. The molecule has 0 aliphatic carbocycles. The summed E-state index contributed by atoms with van der Waals surface area (Å²) in [6, 6.07) is 14.9. The van der Waals surface area contributed by atoms with Crippen LogP contribution in [-0.2, 0) is 24.5 Å². The Labute approximate surface area is 296 Å². The molecule has 50 heavy (non-hydrogen) atoms. The van der Waals surface area contributed by atoms with Gasteiger partial charge in [0, 0.05) is 53.2 Å². The lowest BCUT2D eigenvalue weighted by Gasteiger charge is -2.17. The second kappa shape index (κ2) is 16.7. The van der Waals surface area contributed by atoms with Crippen LogP contribution in [0.4, 0.5) is 0 Å². The topological polar surface area (TPSA) is 138 Å². The lowest BCUT2D eigenvalue weighted by molar-refractivity contribution is -0.110. The molecule has 1 aliphatic rings. The van der Waals surface area contributed by atoms with Gasteiger partial charge in [0.15, 0.2) is 5.65 Å². The molecular formula is C38H40ClN7O4. The molecule has 1 atom stereocenters. The van der Waals surface area contributed by atoms with Gasteiger partial charge in [-0.05, 0) is 91.9 Å². The number of carbonyl (C=O) groups excluding carboxylic acids is 1. The predicted molar refractivity (Wildman–Crippen MR) is 191 cm³/mol. The van der Waals surface area contributed by atoms with Crippen LogP contribution in [0.3, 0.4) is 0 Å². The highest BCUT2D eigenvalue weighted by atomic mass is 35.5. The van der Waals surface area contributed by atoms with E-state index in [1.165, 1.54) is 32.1 Å². The van der Waals surface area contributed by atoms with Crippen molar-refractivity contribution in [3.8, 4) is 28.7 Å². The van der Waals surface area contributed by atoms with E-state index in [0.717, 1.165) is 51.9 Å². The minimum absolute atomic E-state index is 0.157. The van der Waals surface area contributed by atoms with Crippen molar-refractivity contribution < 1.29 is 19.4 Å². The average Bonchev–Trinajstić information content (AvgIpc) is 3.82. The third-order valence-electron chi connectivity index (χ3n) is 8.97. The number of nitriles is 1. The molecule has 2 aromatic carbocycles. The van der Waals surface area contributed by atoms with Gasteiger partial charge in [0.05, 0.1) is 37.6 Å². The first-order valence-electron chi connectivity index (χ1n) is 16.8. The Kier molecular flexibility index (Phi) is 11.7. The van der Waals surface area contributed by atoms with Crippen LogP contribution in [0.25, 0.3) is 22.2 Å². The van der Waals surface area contributed by atoms with Gasteiger partial charge >= 0.3 is 0 Å². The van der Waals surface area contributed by atoms with Crippen molar-refractivity contribution in [1.82, 2.24) is 30.0 Å². The summed E-state index contributed by atoms with van der Waals surface area (Å²) < 4.78 is 14.3. The van der Waals surface area contributed by atoms with Crippen LogP contribution in [0.2, 0.25) is 5.02 Å². The number of nitrogens with zero attached hydrogens (tertiary/aromatic N) is 6. The highest BCUT2D eigenvalue weighted by Gasteiger charge is 2.18. The molecular weight excluding hydrogens is 654 g/mol. The molecule has 3 aromatic heterocycles. The molecule has 5 aromatic rings. The molecule has 0 bridgehead atoms. The first-order chi connectivity index (χ1) is 24.5. The molecule has 11 nitrogen and oxygen atoms in total. The Bertz CT molecular complexity index is 1990. The van der Waals surface area contributed by atoms with E-state index < -0.39 is 6.04 Å². The number of carbonyl (C=O) groups is 1. The van der Waals surface area contributed by atoms with Crippen LogP contribution in [0.5, 0.6) is 11.5 Å². The van der Waals surface area contributed by atoms with E-state index in [4.69, 9.17) is 31.2 Å². The van der Waals surface area contributed by atoms with E-state index in [-0.39, 0.29) is 19.8 Å². The summed E-state index contributed by atoms with van der Waals surface area (Å²) in [7, 11) is 0. The standard InChI is InChI=1S/C38H40ClN7O4/c1-26-32(6-4-7-36(26)49-13-5-12-45-10-2-3-11-45)33-8-9-42-38-34(33)21-44-46(38)22-30-16-37(50-25-28-14-27(17-40)18-41-19-28)29(15-35(30)39)20-43-31(23-47)24-48/h4,6-9,14-16,18-19,21,23,31,43,48H,2-3,5,10-13,20,22,24-25H2,1H3. The Morgan fingerprint density at radius 1 is 1.08 bits per heavy atom. The quantitative estimate of drug-likeness (QED) is 0.101. The van der Waals surface area contributed by atoms with Gasteiger partial charge < -0.3 is 29.6 Å². The summed E-state index contributed by atoms with van der Waals surface area (Å²) in [6.07, 6.45) is 11.0. The number of hydrogen-bond acceptors (Lipinski definition) is 10. The summed E-state index contributed by atoms with van der Waals surface area (Å²) in [5.74, 6) is 1.41. The highest BCUT2D eigenvalue weighted by molar-refractivity contribution is 6.31. The maximum absolute atomic E-state index is 11.3. The number of aliphatic hydroxyl groups excluding tert-OH is 1. The van der Waals surface area contributed by atoms with Gasteiger partial charge in [0.2, 0.25) is 0 Å². The fourth-order valence-electron chi connectivity index (χ4n) is 6.24. The second-order valence-electron chi connectivity index (χ2n) is 12.4. The second-order valence-corrected chi connectivity index (χ2v) is 12.8. The molecule has 12 heteroatoms. The summed E-state index contributed by atoms with van der Waals surface area (Å²) in [4.78, 5) is 22.6. The van der Waals surface area contributed by atoms with Gasteiger partial charge in [-0.2, -0.15) is 10.4 Å². The SMILES string of the molecule is Cc1c(OCCCN2CCCC2)cccc1-c1ccnc2c1cnn2Cc1cc(OCc2cncc(C#N)c2)c(CNC(C=O)CO)cc1Cl. The van der Waals surface area contributed by atoms with Gasteiger partial charge in [-0.25, -0.2) is 9.67 Å². The third-order valence-corrected chi connectivity index (χ3v) is 9.32. The zero-order chi connectivity index (χ0) is 34.9. The molecule has 1 unspecified atom stereocenters. The Morgan fingerprint density at radius 2 is 1.94 bits per heavy atom. The van der Waals surface area contributed by atoms with Crippen LogP contribution in [-0.4, -0.2) is 74.9 Å². The number of aldehydes is 1. The van der Waals surface area contributed by atoms with Gasteiger partial charge in [-0.1, -0.05) is 23.7 Å². The first kappa shape index (κ1) is 35.0. The number of nitrogens with one attached hydrogen (secondary N) is 1. The highest BCUT2D eigenvalue weighted by Crippen LogP contribution is 2.35. The van der Waals surface area contributed by atoms with Crippen molar-refractivity contribution in [3.63, 3.8) is 0 Å². The monoisotopic (exact) mass is 693 g/mol. The number of ether oxygens (including phenoxy) is 2. The van der Waals surface area contributed by atoms with Gasteiger partial charge in [-0.15, -0.1) is 0 Å². The number of rotatable bonds is 16. The molecule has 0 amide bonds. The van der Waals surface area contributed by atoms with Gasteiger partial charge in [0.25, 0.3) is 0 Å². The van der Waals surface area contributed by atoms with Crippen LogP contribution < -0.4 is 14.8 Å². The Hall–Kier alpha value is -4.86. The molecule has 0 saturated carbocycles. The Morgan fingerprint density at radius 3 is 2.74 bits per heavy atom. The zero-order valence-corrected chi connectivity index (χ0v) is 28.8. The van der Waals surface area contributed by atoms with E-state index in [2.05, 4.69) is 34.3 Å². The van der Waals surface area contributed by atoms with Crippen LogP contribution in [0, 0.1) is 18.3 Å². The molecule has 1 aliphatic heterocycles. The fraction of sp³-hybridized carbons (Fsp3) is 0.342. The molecule has 1 fully saturated rings. The largest absolute Gasteiger partial charge is 0.493 e. The molecule has 258 valence electrons. The van der Waals surface area contributed by atoms with E-state index in [1.807, 2.05) is 35.1 Å². The number of pyridine rings is 2. The maximum Gasteiger partial charge on any atom is 0.158 e. The minimum Gasteiger partial charge on any atom is -0.493 e. The van der Waals surface area contributed by atoms with Crippen LogP contribution >= 0.6 is 11.6 Å².